The SMILES string of the molecule is c1ccc(-c2ccc(N(c3ccc4c(c3)C(c3ccccc3)(c3ccccc3)c3ccccc3-4)c3cc(N(c4ccc(-c5ccccc5)cc4)c4ccc5c(c4)C(c4ccccc4)(c4ccccc4)c4ccccc4-5)c4ccc5ccccc5c4c3)cc2)cc1. The van der Waals surface area contributed by atoms with Crippen molar-refractivity contribution < 1.29 is 0 Å². The quantitative estimate of drug-likeness (QED) is 0.113. The zero-order valence-electron chi connectivity index (χ0n) is 49.5. The fraction of sp³-hybridized carbons (Fsp3) is 0.0227. The Kier molecular flexibility index (Phi) is 12.7. The number of hydrogen-bond donors (Lipinski definition) is 0. The lowest BCUT2D eigenvalue weighted by atomic mass is 9.67. The number of rotatable bonds is 12. The van der Waals surface area contributed by atoms with Gasteiger partial charge in [-0.2, -0.15) is 0 Å². The summed E-state index contributed by atoms with van der Waals surface area (Å²) in [6, 6.07) is 135. The van der Waals surface area contributed by atoms with Gasteiger partial charge >= 0.3 is 0 Å². The molecule has 0 fully saturated rings. The van der Waals surface area contributed by atoms with E-state index in [1.54, 1.807) is 0 Å². The lowest BCUT2D eigenvalue weighted by Gasteiger charge is -2.36. The summed E-state index contributed by atoms with van der Waals surface area (Å²) in [7, 11) is 0. The van der Waals surface area contributed by atoms with E-state index in [9.17, 15) is 0 Å². The highest BCUT2D eigenvalue weighted by atomic mass is 15.2. The van der Waals surface area contributed by atoms with E-state index >= 15 is 0 Å². The molecule has 0 saturated heterocycles. The zero-order valence-corrected chi connectivity index (χ0v) is 49.5. The Morgan fingerprint density at radius 1 is 0.189 bits per heavy atom. The average Bonchev–Trinajstić information content (AvgIpc) is 1.53. The van der Waals surface area contributed by atoms with Crippen molar-refractivity contribution in [3.05, 3.63) is 408 Å². The fourth-order valence-electron chi connectivity index (χ4n) is 15.3. The van der Waals surface area contributed by atoms with Crippen LogP contribution in [-0.4, -0.2) is 0 Å². The number of nitrogens with zero attached hydrogens (tertiary/aromatic N) is 2. The van der Waals surface area contributed by atoms with E-state index in [1.807, 2.05) is 0 Å². The first kappa shape index (κ1) is 52.7. The first-order chi connectivity index (χ1) is 44.6. The van der Waals surface area contributed by atoms with Crippen molar-refractivity contribution in [1.29, 1.82) is 0 Å². The summed E-state index contributed by atoms with van der Waals surface area (Å²) in [5.74, 6) is 0. The van der Waals surface area contributed by atoms with E-state index < -0.39 is 10.8 Å². The lowest BCUT2D eigenvalue weighted by Crippen LogP contribution is -2.28. The third kappa shape index (κ3) is 8.33. The first-order valence-electron chi connectivity index (χ1n) is 31.2. The molecule has 0 aromatic heterocycles. The molecule has 0 N–H and O–H groups in total. The molecule has 0 spiro atoms. The van der Waals surface area contributed by atoms with Gasteiger partial charge in [-0.1, -0.05) is 303 Å². The topological polar surface area (TPSA) is 6.48 Å². The number of anilines is 6. The van der Waals surface area contributed by atoms with Crippen LogP contribution in [0.1, 0.15) is 44.5 Å². The predicted molar refractivity (Wildman–Crippen MR) is 376 cm³/mol. The minimum atomic E-state index is -0.613. The minimum absolute atomic E-state index is 0.608. The number of benzene rings is 15. The Morgan fingerprint density at radius 2 is 0.544 bits per heavy atom. The maximum atomic E-state index is 2.53. The molecule has 2 heteroatoms. The van der Waals surface area contributed by atoms with E-state index in [0.717, 1.165) is 56.0 Å². The summed E-state index contributed by atoms with van der Waals surface area (Å²) in [6.07, 6.45) is 0. The van der Waals surface area contributed by atoms with Crippen LogP contribution in [-0.2, 0) is 10.8 Å². The van der Waals surface area contributed by atoms with Gasteiger partial charge < -0.3 is 9.80 Å². The molecule has 0 unspecified atom stereocenters. The highest BCUT2D eigenvalue weighted by Crippen LogP contribution is 2.60. The van der Waals surface area contributed by atoms with Gasteiger partial charge in [-0.15, -0.1) is 0 Å². The van der Waals surface area contributed by atoms with Crippen molar-refractivity contribution in [2.45, 2.75) is 10.8 Å². The fourth-order valence-corrected chi connectivity index (χ4v) is 15.3. The molecule has 0 amide bonds. The van der Waals surface area contributed by atoms with Crippen molar-refractivity contribution in [3.63, 3.8) is 0 Å². The summed E-state index contributed by atoms with van der Waals surface area (Å²) < 4.78 is 0. The molecular formula is C88H60N2. The Hall–Kier alpha value is -11.6. The molecule has 0 radical (unpaired) electrons. The lowest BCUT2D eigenvalue weighted by molar-refractivity contribution is 0.768. The van der Waals surface area contributed by atoms with Gasteiger partial charge in [0.2, 0.25) is 0 Å². The van der Waals surface area contributed by atoms with Gasteiger partial charge in [0.15, 0.2) is 0 Å². The van der Waals surface area contributed by atoms with Crippen LogP contribution in [0.5, 0.6) is 0 Å². The molecule has 2 nitrogen and oxygen atoms in total. The van der Waals surface area contributed by atoms with Crippen LogP contribution in [0.15, 0.2) is 364 Å². The second-order valence-corrected chi connectivity index (χ2v) is 23.9. The summed E-state index contributed by atoms with van der Waals surface area (Å²) in [5.41, 5.74) is 24.7. The molecule has 0 atom stereocenters. The van der Waals surface area contributed by atoms with E-state index in [4.69, 9.17) is 0 Å². The van der Waals surface area contributed by atoms with Crippen molar-refractivity contribution >= 4 is 55.7 Å². The van der Waals surface area contributed by atoms with Crippen molar-refractivity contribution in [2.75, 3.05) is 9.80 Å². The summed E-state index contributed by atoms with van der Waals surface area (Å²) in [5, 5.41) is 4.67. The van der Waals surface area contributed by atoms with E-state index in [1.165, 1.54) is 88.7 Å². The van der Waals surface area contributed by atoms with Gasteiger partial charge in [0.1, 0.15) is 0 Å². The summed E-state index contributed by atoms with van der Waals surface area (Å²) in [4.78, 5) is 5.04. The Balaban J connectivity index is 0.954. The number of hydrogen-bond acceptors (Lipinski definition) is 2. The van der Waals surface area contributed by atoms with Crippen LogP contribution in [0.2, 0.25) is 0 Å². The second kappa shape index (κ2) is 21.7. The molecule has 0 bridgehead atoms. The van der Waals surface area contributed by atoms with E-state index in [0.29, 0.717) is 0 Å². The van der Waals surface area contributed by atoms with Gasteiger partial charge in [-0.25, -0.2) is 0 Å². The molecule has 2 aliphatic carbocycles. The third-order valence-corrected chi connectivity index (χ3v) is 19.2. The molecule has 15 aromatic rings. The Labute approximate surface area is 526 Å². The maximum absolute atomic E-state index is 2.53. The molecular weight excluding hydrogens is 1080 g/mol. The molecule has 0 aliphatic heterocycles. The standard InChI is InChI=1S/C88H60N2/c1-7-25-61(26-8-1)63-43-48-70(49-44-63)89(72-52-55-78-76-39-21-23-41-82(76)87(84(78)58-72,66-30-11-3-12-31-66)67-32-13-4-14-33-67)74-57-81-75-38-20-19-29-65(75)47-54-80(81)86(60-74)90(71-50-45-64(46-51-71)62-27-9-2-10-28-62)73-53-56-79-77-40-22-24-42-83(77)88(85(79)59-73,68-34-15-5-16-35-68)69-36-17-6-18-37-69/h1-60H. The van der Waals surface area contributed by atoms with Gasteiger partial charge in [0, 0.05) is 33.8 Å². The Morgan fingerprint density at radius 3 is 1.01 bits per heavy atom. The van der Waals surface area contributed by atoms with Gasteiger partial charge in [-0.05, 0) is 166 Å². The molecule has 422 valence electrons. The maximum Gasteiger partial charge on any atom is 0.0714 e. The molecule has 2 aliphatic rings. The van der Waals surface area contributed by atoms with Crippen LogP contribution in [0.25, 0.3) is 66.1 Å². The van der Waals surface area contributed by atoms with Crippen LogP contribution in [0, 0.1) is 0 Å². The smallest absolute Gasteiger partial charge is 0.0714 e. The van der Waals surface area contributed by atoms with Crippen LogP contribution < -0.4 is 9.80 Å². The normalized spacial score (nSPS) is 13.1. The van der Waals surface area contributed by atoms with Gasteiger partial charge in [0.05, 0.1) is 16.5 Å². The van der Waals surface area contributed by atoms with Crippen molar-refractivity contribution in [1.82, 2.24) is 0 Å². The number of fused-ring (bicyclic) bond motifs is 9. The van der Waals surface area contributed by atoms with Crippen LogP contribution in [0.4, 0.5) is 34.1 Å². The highest BCUT2D eigenvalue weighted by molar-refractivity contribution is 6.15. The summed E-state index contributed by atoms with van der Waals surface area (Å²) in [6.45, 7) is 0. The predicted octanol–water partition coefficient (Wildman–Crippen LogP) is 23.0. The zero-order chi connectivity index (χ0) is 59.6. The van der Waals surface area contributed by atoms with Gasteiger partial charge in [0.25, 0.3) is 0 Å². The van der Waals surface area contributed by atoms with Crippen LogP contribution >= 0.6 is 0 Å². The molecule has 0 saturated carbocycles. The van der Waals surface area contributed by atoms with Crippen LogP contribution in [0.3, 0.4) is 0 Å². The highest BCUT2D eigenvalue weighted by Gasteiger charge is 2.48. The van der Waals surface area contributed by atoms with E-state index in [-0.39, 0.29) is 0 Å². The monoisotopic (exact) mass is 1140 g/mol. The summed E-state index contributed by atoms with van der Waals surface area (Å²) >= 11 is 0. The van der Waals surface area contributed by atoms with Crippen molar-refractivity contribution in [2.24, 2.45) is 0 Å². The van der Waals surface area contributed by atoms with Crippen molar-refractivity contribution in [3.8, 4) is 44.5 Å². The minimum Gasteiger partial charge on any atom is -0.310 e. The average molecular weight is 1150 g/mol. The largest absolute Gasteiger partial charge is 0.310 e. The molecule has 0 heterocycles. The third-order valence-electron chi connectivity index (χ3n) is 19.2. The van der Waals surface area contributed by atoms with Gasteiger partial charge in [-0.3, -0.25) is 0 Å². The molecule has 90 heavy (non-hydrogen) atoms. The Bertz CT molecular complexity index is 5060. The van der Waals surface area contributed by atoms with E-state index in [2.05, 4.69) is 374 Å². The first-order valence-corrected chi connectivity index (χ1v) is 31.2. The molecule has 15 aromatic carbocycles. The molecule has 17 rings (SSSR count). The second-order valence-electron chi connectivity index (χ2n) is 23.9.